The van der Waals surface area contributed by atoms with Gasteiger partial charge in [0.1, 0.15) is 0 Å². The van der Waals surface area contributed by atoms with Gasteiger partial charge in [-0.2, -0.15) is 0 Å². The van der Waals surface area contributed by atoms with Crippen LogP contribution in [0.1, 0.15) is 5.56 Å². The van der Waals surface area contributed by atoms with Gasteiger partial charge in [-0.3, -0.25) is 29.1 Å². The van der Waals surface area contributed by atoms with E-state index in [4.69, 9.17) is 9.84 Å². The Labute approximate surface area is 193 Å². The molecule has 11 nitrogen and oxygen atoms in total. The van der Waals surface area contributed by atoms with Crippen molar-refractivity contribution in [2.45, 2.75) is 12.6 Å². The number of hydrogen-bond donors (Lipinski definition) is 4. The Balaban J connectivity index is 2.15. The molecule has 1 aromatic rings. The van der Waals surface area contributed by atoms with Crippen LogP contribution in [0.5, 0.6) is 0 Å². The Morgan fingerprint density at radius 1 is 0.848 bits per heavy atom. The molecule has 1 fully saturated rings. The van der Waals surface area contributed by atoms with Crippen molar-refractivity contribution in [3.63, 3.8) is 0 Å². The molecule has 0 saturated carbocycles. The van der Waals surface area contributed by atoms with Crippen LogP contribution >= 0.6 is 0 Å². The Morgan fingerprint density at radius 2 is 1.45 bits per heavy atom. The Kier molecular flexibility index (Phi) is 11.8. The lowest BCUT2D eigenvalue weighted by atomic mass is 10.2. The monoisotopic (exact) mass is 466 g/mol. The number of carbonyl (C=O) groups is 3. The van der Waals surface area contributed by atoms with E-state index < -0.39 is 17.9 Å². The molecule has 0 radical (unpaired) electrons. The van der Waals surface area contributed by atoms with Crippen LogP contribution in [0.25, 0.3) is 0 Å². The largest absolute Gasteiger partial charge is 0.480 e. The van der Waals surface area contributed by atoms with Crippen molar-refractivity contribution < 1.29 is 34.4 Å². The van der Waals surface area contributed by atoms with Crippen molar-refractivity contribution in [3.8, 4) is 0 Å². The number of nitrogens with one attached hydrogen (secondary N) is 1. The number of nitrogens with zero attached hydrogens (tertiary/aromatic N) is 3. The summed E-state index contributed by atoms with van der Waals surface area (Å²) in [6.07, 6.45) is 0. The van der Waals surface area contributed by atoms with Crippen molar-refractivity contribution in [2.24, 2.45) is 0 Å². The molecule has 1 aliphatic heterocycles. The maximum Gasteiger partial charge on any atom is 0.317 e. The SMILES string of the molecule is O=C(O)CN1CCNCCN(CC(=O)O)C(COCc2ccccc2)CN(CC(=O)O)CC1. The molecular formula is C22H34N4O7. The van der Waals surface area contributed by atoms with Gasteiger partial charge in [0, 0.05) is 51.9 Å². The third-order valence-electron chi connectivity index (χ3n) is 5.38. The molecule has 0 aromatic heterocycles. The van der Waals surface area contributed by atoms with E-state index in [1.165, 1.54) is 0 Å². The third-order valence-corrected chi connectivity index (χ3v) is 5.38. The van der Waals surface area contributed by atoms with Crippen LogP contribution < -0.4 is 5.32 Å². The molecule has 11 heteroatoms. The molecule has 0 amide bonds. The molecule has 1 aromatic carbocycles. The number of carboxylic acids is 3. The second-order valence-electron chi connectivity index (χ2n) is 8.07. The van der Waals surface area contributed by atoms with Gasteiger partial charge in [0.15, 0.2) is 0 Å². The van der Waals surface area contributed by atoms with E-state index in [0.717, 1.165) is 5.56 Å². The molecule has 1 heterocycles. The summed E-state index contributed by atoms with van der Waals surface area (Å²) in [6.45, 7) is 3.06. The zero-order chi connectivity index (χ0) is 24.1. The number of hydrogen-bond acceptors (Lipinski definition) is 8. The van der Waals surface area contributed by atoms with Gasteiger partial charge in [-0.15, -0.1) is 0 Å². The molecule has 0 spiro atoms. The average molecular weight is 467 g/mol. The summed E-state index contributed by atoms with van der Waals surface area (Å²) >= 11 is 0. The topological polar surface area (TPSA) is 143 Å². The van der Waals surface area contributed by atoms with Crippen molar-refractivity contribution in [1.29, 1.82) is 0 Å². The summed E-state index contributed by atoms with van der Waals surface area (Å²) in [5, 5.41) is 31.2. The second-order valence-corrected chi connectivity index (χ2v) is 8.07. The summed E-state index contributed by atoms with van der Waals surface area (Å²) in [7, 11) is 0. The Morgan fingerprint density at radius 3 is 2.12 bits per heavy atom. The molecule has 1 atom stereocenters. The zero-order valence-corrected chi connectivity index (χ0v) is 18.8. The minimum atomic E-state index is -0.998. The minimum Gasteiger partial charge on any atom is -0.480 e. The van der Waals surface area contributed by atoms with Gasteiger partial charge in [-0.25, -0.2) is 0 Å². The number of carboxylic acid groups (broad SMARTS) is 3. The maximum absolute atomic E-state index is 11.5. The van der Waals surface area contributed by atoms with E-state index in [1.54, 1.807) is 14.7 Å². The van der Waals surface area contributed by atoms with Gasteiger partial charge in [0.25, 0.3) is 0 Å². The fourth-order valence-corrected chi connectivity index (χ4v) is 3.78. The predicted molar refractivity (Wildman–Crippen MR) is 120 cm³/mol. The van der Waals surface area contributed by atoms with Crippen molar-refractivity contribution in [1.82, 2.24) is 20.0 Å². The first kappa shape index (κ1) is 26.7. The van der Waals surface area contributed by atoms with Crippen LogP contribution in [0, 0.1) is 0 Å². The summed E-state index contributed by atoms with van der Waals surface area (Å²) in [4.78, 5) is 39.5. The van der Waals surface area contributed by atoms with Crippen LogP contribution in [0.2, 0.25) is 0 Å². The molecule has 0 bridgehead atoms. The lowest BCUT2D eigenvalue weighted by Crippen LogP contribution is -2.53. The highest BCUT2D eigenvalue weighted by Crippen LogP contribution is 2.08. The maximum atomic E-state index is 11.5. The number of rotatable bonds is 10. The van der Waals surface area contributed by atoms with E-state index in [1.807, 2.05) is 30.3 Å². The van der Waals surface area contributed by atoms with Crippen LogP contribution in [0.4, 0.5) is 0 Å². The molecule has 0 aliphatic carbocycles. The van der Waals surface area contributed by atoms with Gasteiger partial charge < -0.3 is 25.4 Å². The van der Waals surface area contributed by atoms with Crippen molar-refractivity contribution in [3.05, 3.63) is 35.9 Å². The molecule has 2 rings (SSSR count). The standard InChI is InChI=1S/C22H34N4O7/c27-20(28)13-24-8-6-23-7-9-26(15-22(31)32)19(12-25(11-10-24)14-21(29)30)17-33-16-18-4-2-1-3-5-18/h1-5,19,23H,6-17H2,(H,27,28)(H,29,30)(H,31,32). The fraction of sp³-hybridized carbons (Fsp3) is 0.591. The molecule has 1 unspecified atom stereocenters. The number of benzene rings is 1. The predicted octanol–water partition coefficient (Wildman–Crippen LogP) is -0.665. The first-order valence-electron chi connectivity index (χ1n) is 11.0. The van der Waals surface area contributed by atoms with Crippen molar-refractivity contribution >= 4 is 17.9 Å². The van der Waals surface area contributed by atoms with Gasteiger partial charge >= 0.3 is 17.9 Å². The summed E-state index contributed by atoms with van der Waals surface area (Å²) in [5.41, 5.74) is 0.990. The minimum absolute atomic E-state index is 0.128. The molecule has 184 valence electrons. The third kappa shape index (κ3) is 11.2. The molecule has 1 saturated heterocycles. The van der Waals surface area contributed by atoms with Gasteiger partial charge in [-0.05, 0) is 5.56 Å². The van der Waals surface area contributed by atoms with E-state index in [0.29, 0.717) is 45.9 Å². The summed E-state index contributed by atoms with van der Waals surface area (Å²) in [6, 6.07) is 9.26. The average Bonchev–Trinajstić information content (AvgIpc) is 2.74. The van der Waals surface area contributed by atoms with E-state index >= 15 is 0 Å². The van der Waals surface area contributed by atoms with Crippen LogP contribution in [-0.2, 0) is 25.7 Å². The Bertz CT molecular complexity index is 750. The summed E-state index contributed by atoms with van der Waals surface area (Å²) in [5.74, 6) is -2.90. The van der Waals surface area contributed by atoms with Crippen LogP contribution in [-0.4, -0.2) is 126 Å². The van der Waals surface area contributed by atoms with Crippen LogP contribution in [0.15, 0.2) is 30.3 Å². The molecule has 1 aliphatic rings. The van der Waals surface area contributed by atoms with Gasteiger partial charge in [0.05, 0.1) is 32.8 Å². The smallest absolute Gasteiger partial charge is 0.317 e. The lowest BCUT2D eigenvalue weighted by Gasteiger charge is -2.35. The summed E-state index contributed by atoms with van der Waals surface area (Å²) < 4.78 is 5.91. The first-order valence-corrected chi connectivity index (χ1v) is 11.0. The number of aliphatic carboxylic acids is 3. The van der Waals surface area contributed by atoms with E-state index in [2.05, 4.69) is 5.32 Å². The van der Waals surface area contributed by atoms with Gasteiger partial charge in [-0.1, -0.05) is 30.3 Å². The highest BCUT2D eigenvalue weighted by molar-refractivity contribution is 5.70. The quantitative estimate of drug-likeness (QED) is 0.349. The molecule has 33 heavy (non-hydrogen) atoms. The first-order chi connectivity index (χ1) is 15.8. The van der Waals surface area contributed by atoms with E-state index in [-0.39, 0.29) is 38.8 Å². The van der Waals surface area contributed by atoms with E-state index in [9.17, 15) is 24.6 Å². The van der Waals surface area contributed by atoms with Gasteiger partial charge in [0.2, 0.25) is 0 Å². The second kappa shape index (κ2) is 14.6. The fourth-order valence-electron chi connectivity index (χ4n) is 3.78. The van der Waals surface area contributed by atoms with Crippen molar-refractivity contribution in [2.75, 3.05) is 72.1 Å². The normalized spacial score (nSPS) is 19.9. The number of ether oxygens (including phenoxy) is 1. The highest BCUT2D eigenvalue weighted by atomic mass is 16.5. The zero-order valence-electron chi connectivity index (χ0n) is 18.8. The lowest BCUT2D eigenvalue weighted by molar-refractivity contribution is -0.141. The van der Waals surface area contributed by atoms with Crippen LogP contribution in [0.3, 0.4) is 0 Å². The Hall–Kier alpha value is -2.57. The highest BCUT2D eigenvalue weighted by Gasteiger charge is 2.26. The molecule has 4 N–H and O–H groups in total. The molecular weight excluding hydrogens is 432 g/mol.